The summed E-state index contributed by atoms with van der Waals surface area (Å²) in [5.74, 6) is -0.421. The number of nitrogens with one attached hydrogen (secondary N) is 1. The standard InChI is InChI=1S/C19H17ClF2N2O3/c20-15-10-14(6-7-16(15)27-19(21)22)23-18(26)13-4-1-3-12(9-13)11-24-8-2-5-17(24)25/h1,3-4,6-7,9-10,19H,2,5,8,11H2,(H,23,26). The lowest BCUT2D eigenvalue weighted by Gasteiger charge is -2.16. The van der Waals surface area contributed by atoms with Crippen molar-refractivity contribution in [3.8, 4) is 5.75 Å². The van der Waals surface area contributed by atoms with Crippen LogP contribution in [-0.4, -0.2) is 29.9 Å². The predicted octanol–water partition coefficient (Wildman–Crippen LogP) is 4.32. The monoisotopic (exact) mass is 394 g/mol. The third-order valence-corrected chi connectivity index (χ3v) is 4.44. The van der Waals surface area contributed by atoms with Gasteiger partial charge in [-0.05, 0) is 42.3 Å². The van der Waals surface area contributed by atoms with Gasteiger partial charge in [-0.2, -0.15) is 8.78 Å². The van der Waals surface area contributed by atoms with Crippen LogP contribution in [0.3, 0.4) is 0 Å². The van der Waals surface area contributed by atoms with Crippen molar-refractivity contribution in [3.63, 3.8) is 0 Å². The SMILES string of the molecule is O=C(Nc1ccc(OC(F)F)c(Cl)c1)c1cccc(CN2CCCC2=O)c1. The molecule has 2 amide bonds. The summed E-state index contributed by atoms with van der Waals surface area (Å²) < 4.78 is 28.8. The number of nitrogens with zero attached hydrogens (tertiary/aromatic N) is 1. The summed E-state index contributed by atoms with van der Waals surface area (Å²) in [5.41, 5.74) is 1.63. The molecule has 0 radical (unpaired) electrons. The van der Waals surface area contributed by atoms with Gasteiger partial charge < -0.3 is 15.0 Å². The quantitative estimate of drug-likeness (QED) is 0.794. The van der Waals surface area contributed by atoms with Crippen LogP contribution in [0.5, 0.6) is 5.75 Å². The topological polar surface area (TPSA) is 58.6 Å². The lowest BCUT2D eigenvalue weighted by atomic mass is 10.1. The molecule has 142 valence electrons. The smallest absolute Gasteiger partial charge is 0.387 e. The summed E-state index contributed by atoms with van der Waals surface area (Å²) in [6.07, 6.45) is 1.41. The number of likely N-dealkylation sites (tertiary alicyclic amines) is 1. The number of amides is 2. The van der Waals surface area contributed by atoms with Crippen LogP contribution in [-0.2, 0) is 11.3 Å². The maximum atomic E-state index is 12.5. The van der Waals surface area contributed by atoms with Crippen molar-refractivity contribution in [3.05, 3.63) is 58.6 Å². The summed E-state index contributed by atoms with van der Waals surface area (Å²) in [4.78, 5) is 26.0. The van der Waals surface area contributed by atoms with Gasteiger partial charge >= 0.3 is 6.61 Å². The normalized spacial score (nSPS) is 13.9. The van der Waals surface area contributed by atoms with Crippen molar-refractivity contribution in [2.24, 2.45) is 0 Å². The van der Waals surface area contributed by atoms with Crippen molar-refractivity contribution in [2.75, 3.05) is 11.9 Å². The maximum Gasteiger partial charge on any atom is 0.387 e. The van der Waals surface area contributed by atoms with Crippen LogP contribution < -0.4 is 10.1 Å². The summed E-state index contributed by atoms with van der Waals surface area (Å²) in [6.45, 7) is -1.79. The van der Waals surface area contributed by atoms with Crippen LogP contribution in [0, 0.1) is 0 Å². The Morgan fingerprint density at radius 2 is 2.07 bits per heavy atom. The number of alkyl halides is 2. The van der Waals surface area contributed by atoms with E-state index in [1.54, 1.807) is 23.1 Å². The third-order valence-electron chi connectivity index (χ3n) is 4.14. The molecular formula is C19H17ClF2N2O3. The van der Waals surface area contributed by atoms with E-state index in [0.29, 0.717) is 24.2 Å². The number of rotatable bonds is 6. The molecule has 0 aromatic heterocycles. The van der Waals surface area contributed by atoms with Gasteiger partial charge in [0.05, 0.1) is 5.02 Å². The number of halogens is 3. The average Bonchev–Trinajstić information content (AvgIpc) is 3.02. The number of benzene rings is 2. The van der Waals surface area contributed by atoms with Crippen LogP contribution in [0.25, 0.3) is 0 Å². The third kappa shape index (κ3) is 4.95. The molecule has 0 unspecified atom stereocenters. The fourth-order valence-corrected chi connectivity index (χ4v) is 3.10. The molecule has 0 aliphatic carbocycles. The first kappa shape index (κ1) is 19.1. The molecule has 1 heterocycles. The second-order valence-electron chi connectivity index (χ2n) is 6.10. The lowest BCUT2D eigenvalue weighted by Crippen LogP contribution is -2.24. The first-order chi connectivity index (χ1) is 12.9. The Morgan fingerprint density at radius 1 is 1.26 bits per heavy atom. The second-order valence-corrected chi connectivity index (χ2v) is 6.50. The Balaban J connectivity index is 1.68. The minimum atomic E-state index is -2.98. The number of hydrogen-bond donors (Lipinski definition) is 1. The zero-order valence-corrected chi connectivity index (χ0v) is 15.0. The highest BCUT2D eigenvalue weighted by molar-refractivity contribution is 6.32. The van der Waals surface area contributed by atoms with Crippen molar-refractivity contribution < 1.29 is 23.1 Å². The van der Waals surface area contributed by atoms with Crippen LogP contribution >= 0.6 is 11.6 Å². The minimum absolute atomic E-state index is 0.0330. The second kappa shape index (κ2) is 8.35. The van der Waals surface area contributed by atoms with Gasteiger partial charge in [0.15, 0.2) is 0 Å². The van der Waals surface area contributed by atoms with Crippen molar-refractivity contribution >= 4 is 29.1 Å². The zero-order chi connectivity index (χ0) is 19.4. The average molecular weight is 395 g/mol. The lowest BCUT2D eigenvalue weighted by molar-refractivity contribution is -0.128. The van der Waals surface area contributed by atoms with E-state index in [1.807, 2.05) is 6.07 Å². The number of ether oxygens (including phenoxy) is 1. The van der Waals surface area contributed by atoms with E-state index >= 15 is 0 Å². The molecule has 3 rings (SSSR count). The van der Waals surface area contributed by atoms with Gasteiger partial charge in [0.1, 0.15) is 5.75 Å². The van der Waals surface area contributed by atoms with E-state index in [4.69, 9.17) is 11.6 Å². The summed E-state index contributed by atoms with van der Waals surface area (Å²) in [5, 5.41) is 2.63. The molecule has 8 heteroatoms. The Kier molecular flexibility index (Phi) is 5.91. The molecule has 5 nitrogen and oxygen atoms in total. The molecule has 0 bridgehead atoms. The van der Waals surface area contributed by atoms with E-state index in [0.717, 1.165) is 18.5 Å². The van der Waals surface area contributed by atoms with Gasteiger partial charge in [0.2, 0.25) is 5.91 Å². The van der Waals surface area contributed by atoms with E-state index in [1.165, 1.54) is 18.2 Å². The number of anilines is 1. The molecule has 2 aromatic carbocycles. The van der Waals surface area contributed by atoms with Gasteiger partial charge in [-0.15, -0.1) is 0 Å². The van der Waals surface area contributed by atoms with Gasteiger partial charge in [0, 0.05) is 30.8 Å². The Bertz CT molecular complexity index is 861. The summed E-state index contributed by atoms with van der Waals surface area (Å²) in [6, 6.07) is 11.0. The molecule has 0 spiro atoms. The maximum absolute atomic E-state index is 12.5. The zero-order valence-electron chi connectivity index (χ0n) is 14.3. The van der Waals surface area contributed by atoms with Crippen LogP contribution in [0.15, 0.2) is 42.5 Å². The van der Waals surface area contributed by atoms with Crippen LogP contribution in [0.4, 0.5) is 14.5 Å². The molecule has 1 N–H and O–H groups in total. The van der Waals surface area contributed by atoms with E-state index < -0.39 is 6.61 Å². The highest BCUT2D eigenvalue weighted by Crippen LogP contribution is 2.29. The predicted molar refractivity (Wildman–Crippen MR) is 97.1 cm³/mol. The highest BCUT2D eigenvalue weighted by atomic mass is 35.5. The van der Waals surface area contributed by atoms with Crippen LogP contribution in [0.2, 0.25) is 5.02 Å². The van der Waals surface area contributed by atoms with Gasteiger partial charge in [-0.1, -0.05) is 23.7 Å². The number of hydrogen-bond acceptors (Lipinski definition) is 3. The fourth-order valence-electron chi connectivity index (χ4n) is 2.88. The molecule has 1 aliphatic heterocycles. The van der Waals surface area contributed by atoms with E-state index in [9.17, 15) is 18.4 Å². The molecule has 2 aromatic rings. The first-order valence-corrected chi connectivity index (χ1v) is 8.72. The number of carbonyl (C=O) groups excluding carboxylic acids is 2. The molecule has 0 saturated carbocycles. The van der Waals surface area contributed by atoms with Gasteiger partial charge in [-0.3, -0.25) is 9.59 Å². The minimum Gasteiger partial charge on any atom is -0.433 e. The van der Waals surface area contributed by atoms with Crippen molar-refractivity contribution in [1.82, 2.24) is 4.90 Å². The molecule has 0 atom stereocenters. The highest BCUT2D eigenvalue weighted by Gasteiger charge is 2.20. The van der Waals surface area contributed by atoms with Gasteiger partial charge in [-0.25, -0.2) is 0 Å². The fraction of sp³-hybridized carbons (Fsp3) is 0.263. The summed E-state index contributed by atoms with van der Waals surface area (Å²) in [7, 11) is 0. The molecule has 27 heavy (non-hydrogen) atoms. The number of carbonyl (C=O) groups is 2. The summed E-state index contributed by atoms with van der Waals surface area (Å²) >= 11 is 5.89. The Hall–Kier alpha value is -2.67. The molecular weight excluding hydrogens is 378 g/mol. The van der Waals surface area contributed by atoms with Crippen molar-refractivity contribution in [2.45, 2.75) is 26.0 Å². The van der Waals surface area contributed by atoms with Gasteiger partial charge in [0.25, 0.3) is 5.91 Å². The first-order valence-electron chi connectivity index (χ1n) is 8.35. The Morgan fingerprint density at radius 3 is 2.74 bits per heavy atom. The van der Waals surface area contributed by atoms with E-state index in [2.05, 4.69) is 10.1 Å². The van der Waals surface area contributed by atoms with Crippen LogP contribution in [0.1, 0.15) is 28.8 Å². The molecule has 1 aliphatic rings. The Labute approximate surface area is 159 Å². The molecule has 1 saturated heterocycles. The largest absolute Gasteiger partial charge is 0.433 e. The van der Waals surface area contributed by atoms with E-state index in [-0.39, 0.29) is 22.6 Å². The van der Waals surface area contributed by atoms with Crippen molar-refractivity contribution in [1.29, 1.82) is 0 Å². The molecule has 1 fully saturated rings.